The Morgan fingerprint density at radius 2 is 1.00 bits per heavy atom. The van der Waals surface area contributed by atoms with Crippen LogP contribution in [0.4, 0.5) is 0 Å². The third kappa shape index (κ3) is 5.24. The number of rotatable bonds is 8. The van der Waals surface area contributed by atoms with Gasteiger partial charge < -0.3 is 4.74 Å². The molecule has 4 aromatic carbocycles. The number of ether oxygens (including phenoxy) is 1. The molecular formula is C28H28OP2. The lowest BCUT2D eigenvalue weighted by atomic mass is 10.2. The molecule has 0 bridgehead atoms. The zero-order valence-electron chi connectivity index (χ0n) is 18.1. The van der Waals surface area contributed by atoms with Crippen LogP contribution in [0.3, 0.4) is 0 Å². The Hall–Kier alpha value is -2.46. The first-order valence-corrected chi connectivity index (χ1v) is 13.7. The summed E-state index contributed by atoms with van der Waals surface area (Å²) >= 11 is 0. The van der Waals surface area contributed by atoms with Crippen molar-refractivity contribution in [2.24, 2.45) is 0 Å². The summed E-state index contributed by atoms with van der Waals surface area (Å²) < 4.78 is 5.76. The van der Waals surface area contributed by atoms with E-state index < -0.39 is 15.8 Å². The molecule has 2 atom stereocenters. The van der Waals surface area contributed by atoms with Gasteiger partial charge in [0.15, 0.2) is 0 Å². The zero-order chi connectivity index (χ0) is 21.5. The Bertz CT molecular complexity index is 1100. The minimum absolute atomic E-state index is 0.423. The van der Waals surface area contributed by atoms with Gasteiger partial charge in [0.25, 0.3) is 0 Å². The number of methoxy groups -OCH3 is 1. The molecule has 1 nitrogen and oxygen atoms in total. The van der Waals surface area contributed by atoms with Gasteiger partial charge in [0.05, 0.1) is 7.11 Å². The molecule has 0 aliphatic heterocycles. The Morgan fingerprint density at radius 1 is 0.548 bits per heavy atom. The van der Waals surface area contributed by atoms with E-state index >= 15 is 0 Å². The highest BCUT2D eigenvalue weighted by Crippen LogP contribution is 2.43. The molecule has 0 heterocycles. The van der Waals surface area contributed by atoms with E-state index in [1.807, 2.05) is 0 Å². The number of hydrogen-bond acceptors (Lipinski definition) is 1. The second kappa shape index (κ2) is 10.7. The van der Waals surface area contributed by atoms with Crippen LogP contribution in [0.2, 0.25) is 0 Å². The molecule has 2 unspecified atom stereocenters. The molecule has 0 spiro atoms. The van der Waals surface area contributed by atoms with E-state index in [0.29, 0.717) is 0 Å². The van der Waals surface area contributed by atoms with Crippen LogP contribution >= 0.6 is 15.8 Å². The second-order valence-electron chi connectivity index (χ2n) is 7.43. The maximum Gasteiger partial charge on any atom is 0.126 e. The summed E-state index contributed by atoms with van der Waals surface area (Å²) in [6, 6.07) is 39.4. The molecular weight excluding hydrogens is 414 g/mol. The molecule has 0 aliphatic rings. The minimum Gasteiger partial charge on any atom is -0.496 e. The van der Waals surface area contributed by atoms with Crippen LogP contribution < -0.4 is 26.0 Å². The third-order valence-electron chi connectivity index (χ3n) is 5.47. The maximum absolute atomic E-state index is 5.76. The highest BCUT2D eigenvalue weighted by atomic mass is 31.1. The van der Waals surface area contributed by atoms with Crippen molar-refractivity contribution >= 4 is 37.1 Å². The van der Waals surface area contributed by atoms with E-state index in [-0.39, 0.29) is 0 Å². The van der Waals surface area contributed by atoms with Gasteiger partial charge in [0, 0.05) is 5.30 Å². The quantitative estimate of drug-likeness (QED) is 0.324. The Balaban J connectivity index is 1.71. The fourth-order valence-electron chi connectivity index (χ4n) is 3.91. The predicted molar refractivity (Wildman–Crippen MR) is 139 cm³/mol. The van der Waals surface area contributed by atoms with E-state index in [1.165, 1.54) is 26.8 Å². The molecule has 0 aliphatic carbocycles. The summed E-state index contributed by atoms with van der Waals surface area (Å²) in [5.74, 6) is 0.998. The smallest absolute Gasteiger partial charge is 0.126 e. The molecule has 3 heteroatoms. The van der Waals surface area contributed by atoms with Gasteiger partial charge in [0.2, 0.25) is 0 Å². The lowest BCUT2D eigenvalue weighted by molar-refractivity contribution is 0.418. The topological polar surface area (TPSA) is 9.23 Å². The van der Waals surface area contributed by atoms with E-state index in [0.717, 1.165) is 18.1 Å². The molecule has 0 saturated carbocycles. The van der Waals surface area contributed by atoms with Crippen molar-refractivity contribution in [1.29, 1.82) is 0 Å². The van der Waals surface area contributed by atoms with Gasteiger partial charge in [0.1, 0.15) is 5.75 Å². The van der Waals surface area contributed by atoms with Crippen molar-refractivity contribution < 1.29 is 4.74 Å². The fourth-order valence-corrected chi connectivity index (χ4v) is 9.59. The van der Waals surface area contributed by atoms with Crippen LogP contribution in [0.25, 0.3) is 0 Å². The van der Waals surface area contributed by atoms with Crippen molar-refractivity contribution in [1.82, 2.24) is 0 Å². The van der Waals surface area contributed by atoms with Gasteiger partial charge in [-0.25, -0.2) is 0 Å². The Labute approximate surface area is 188 Å². The Morgan fingerprint density at radius 3 is 1.55 bits per heavy atom. The van der Waals surface area contributed by atoms with E-state index in [2.05, 4.69) is 116 Å². The van der Waals surface area contributed by atoms with Crippen molar-refractivity contribution in [3.8, 4) is 5.75 Å². The average molecular weight is 442 g/mol. The van der Waals surface area contributed by atoms with Crippen LogP contribution in [-0.4, -0.2) is 19.4 Å². The van der Waals surface area contributed by atoms with E-state index in [9.17, 15) is 0 Å². The van der Waals surface area contributed by atoms with Gasteiger partial charge in [-0.3, -0.25) is 0 Å². The molecule has 4 rings (SSSR count). The van der Waals surface area contributed by atoms with Crippen molar-refractivity contribution in [3.05, 3.63) is 115 Å². The van der Waals surface area contributed by atoms with Gasteiger partial charge in [-0.1, -0.05) is 103 Å². The van der Waals surface area contributed by atoms with Crippen molar-refractivity contribution in [2.75, 3.05) is 19.4 Å². The molecule has 4 aromatic rings. The van der Waals surface area contributed by atoms with Crippen LogP contribution in [0, 0.1) is 6.92 Å². The number of hydrogen-bond donors (Lipinski definition) is 0. The third-order valence-corrected chi connectivity index (χ3v) is 11.0. The lowest BCUT2D eigenvalue weighted by Gasteiger charge is -2.25. The number of benzene rings is 4. The van der Waals surface area contributed by atoms with Crippen LogP contribution in [0.5, 0.6) is 5.75 Å². The first-order valence-electron chi connectivity index (χ1n) is 10.6. The second-order valence-corrected chi connectivity index (χ2v) is 12.0. The average Bonchev–Trinajstić information content (AvgIpc) is 2.84. The first kappa shape index (κ1) is 21.8. The number of para-hydroxylation sites is 1. The fraction of sp³-hybridized carbons (Fsp3) is 0.143. The van der Waals surface area contributed by atoms with Crippen LogP contribution in [-0.2, 0) is 0 Å². The number of aryl methyl sites for hydroxylation is 1. The molecule has 0 radical (unpaired) electrons. The summed E-state index contributed by atoms with van der Waals surface area (Å²) in [5.41, 5.74) is 1.39. The maximum atomic E-state index is 5.76. The molecule has 0 amide bonds. The lowest BCUT2D eigenvalue weighted by Crippen LogP contribution is -2.21. The Kier molecular flexibility index (Phi) is 7.52. The molecule has 0 saturated heterocycles. The summed E-state index contributed by atoms with van der Waals surface area (Å²) in [4.78, 5) is 0. The van der Waals surface area contributed by atoms with Gasteiger partial charge in [-0.15, -0.1) is 0 Å². The summed E-state index contributed by atoms with van der Waals surface area (Å²) in [6.45, 7) is 2.24. The minimum atomic E-state index is -0.509. The van der Waals surface area contributed by atoms with Crippen LogP contribution in [0.1, 0.15) is 5.56 Å². The van der Waals surface area contributed by atoms with E-state index in [1.54, 1.807) is 7.11 Å². The highest BCUT2D eigenvalue weighted by Gasteiger charge is 2.22. The predicted octanol–water partition coefficient (Wildman–Crippen LogP) is 5.57. The summed E-state index contributed by atoms with van der Waals surface area (Å²) in [7, 11) is 0.847. The van der Waals surface area contributed by atoms with Crippen molar-refractivity contribution in [3.63, 3.8) is 0 Å². The molecule has 0 aromatic heterocycles. The molecule has 0 N–H and O–H groups in total. The highest BCUT2D eigenvalue weighted by molar-refractivity contribution is 7.76. The van der Waals surface area contributed by atoms with E-state index in [4.69, 9.17) is 4.74 Å². The summed E-state index contributed by atoms with van der Waals surface area (Å²) in [6.07, 6.45) is 2.29. The normalized spacial score (nSPS) is 12.8. The van der Waals surface area contributed by atoms with Gasteiger partial charge >= 0.3 is 0 Å². The largest absolute Gasteiger partial charge is 0.496 e. The van der Waals surface area contributed by atoms with Gasteiger partial charge in [-0.2, -0.15) is 0 Å². The standard InChI is InChI=1S/C28H28OP2/c1-23-13-9-11-19-27(23)30(24-14-5-3-6-15-24)21-22-31(25-16-7-4-8-17-25)28-20-12-10-18-26(28)29-2/h3-20H,21-22H2,1-2H3. The van der Waals surface area contributed by atoms with Crippen molar-refractivity contribution in [2.45, 2.75) is 6.92 Å². The monoisotopic (exact) mass is 442 g/mol. The summed E-state index contributed by atoms with van der Waals surface area (Å²) in [5, 5.41) is 5.69. The first-order chi connectivity index (χ1) is 15.3. The van der Waals surface area contributed by atoms with Crippen LogP contribution in [0.15, 0.2) is 109 Å². The molecule has 156 valence electrons. The molecule has 31 heavy (non-hydrogen) atoms. The van der Waals surface area contributed by atoms with Gasteiger partial charge in [-0.05, 0) is 62.6 Å². The zero-order valence-corrected chi connectivity index (χ0v) is 19.9. The molecule has 0 fully saturated rings. The SMILES string of the molecule is COc1ccccc1P(CCP(c1ccccc1)c1ccccc1C)c1ccccc1.